The standard InChI is InChI=1S/C24H31N3O4/c1-4-17(3)25-23(29)21(26-22(28)19-9-6-5-8-16(19)2)18-11-13-27(14-12-18)24(30)20-10-7-15-31-20/h5-10,15,17-18,21H,4,11-14H2,1-3H3,(H,25,29)(H,26,28)/t17-,21-/m0/s1. The van der Waals surface area contributed by atoms with Gasteiger partial charge in [-0.2, -0.15) is 0 Å². The summed E-state index contributed by atoms with van der Waals surface area (Å²) in [5.74, 6) is -0.313. The van der Waals surface area contributed by atoms with Crippen LogP contribution in [-0.4, -0.2) is 47.8 Å². The van der Waals surface area contributed by atoms with E-state index in [9.17, 15) is 14.4 Å². The number of hydrogen-bond acceptors (Lipinski definition) is 4. The van der Waals surface area contributed by atoms with E-state index in [1.165, 1.54) is 6.26 Å². The van der Waals surface area contributed by atoms with Crippen LogP contribution >= 0.6 is 0 Å². The van der Waals surface area contributed by atoms with Crippen molar-refractivity contribution in [1.29, 1.82) is 0 Å². The van der Waals surface area contributed by atoms with Crippen molar-refractivity contribution in [2.24, 2.45) is 5.92 Å². The first-order valence-corrected chi connectivity index (χ1v) is 10.9. The van der Waals surface area contributed by atoms with Gasteiger partial charge in [-0.25, -0.2) is 0 Å². The molecule has 2 heterocycles. The summed E-state index contributed by atoms with van der Waals surface area (Å²) in [4.78, 5) is 40.3. The molecule has 2 N–H and O–H groups in total. The van der Waals surface area contributed by atoms with Crippen LogP contribution in [0.2, 0.25) is 0 Å². The number of carbonyl (C=O) groups excluding carboxylic acids is 3. The van der Waals surface area contributed by atoms with Gasteiger partial charge in [0.05, 0.1) is 6.26 Å². The van der Waals surface area contributed by atoms with Gasteiger partial charge >= 0.3 is 0 Å². The summed E-state index contributed by atoms with van der Waals surface area (Å²) in [6.07, 6.45) is 3.54. The SMILES string of the molecule is CC[C@H](C)NC(=O)[C@@H](NC(=O)c1ccccc1C)C1CCN(C(=O)c2ccco2)CC1. The minimum atomic E-state index is -0.651. The molecule has 3 amide bonds. The van der Waals surface area contributed by atoms with Crippen LogP contribution in [0.5, 0.6) is 0 Å². The molecule has 1 saturated heterocycles. The highest BCUT2D eigenvalue weighted by molar-refractivity contribution is 5.98. The molecule has 1 aromatic heterocycles. The highest BCUT2D eigenvalue weighted by atomic mass is 16.3. The molecule has 2 atom stereocenters. The predicted octanol–water partition coefficient (Wildman–Crippen LogP) is 3.15. The average Bonchev–Trinajstić information content (AvgIpc) is 3.32. The minimum Gasteiger partial charge on any atom is -0.459 e. The van der Waals surface area contributed by atoms with Crippen LogP contribution in [0.1, 0.15) is 59.6 Å². The van der Waals surface area contributed by atoms with Gasteiger partial charge in [-0.3, -0.25) is 14.4 Å². The molecule has 0 radical (unpaired) electrons. The van der Waals surface area contributed by atoms with E-state index in [-0.39, 0.29) is 29.7 Å². The summed E-state index contributed by atoms with van der Waals surface area (Å²) in [5.41, 5.74) is 1.43. The molecule has 7 heteroatoms. The molecular weight excluding hydrogens is 394 g/mol. The molecule has 31 heavy (non-hydrogen) atoms. The Morgan fingerprint density at radius 1 is 1.10 bits per heavy atom. The molecule has 1 fully saturated rings. The summed E-state index contributed by atoms with van der Waals surface area (Å²) in [6.45, 7) is 6.85. The number of likely N-dealkylation sites (tertiary alicyclic amines) is 1. The molecule has 0 saturated carbocycles. The van der Waals surface area contributed by atoms with Crippen molar-refractivity contribution in [2.75, 3.05) is 13.1 Å². The van der Waals surface area contributed by atoms with Gasteiger partial charge in [0.25, 0.3) is 11.8 Å². The van der Waals surface area contributed by atoms with Crippen molar-refractivity contribution in [2.45, 2.75) is 52.1 Å². The van der Waals surface area contributed by atoms with Crippen LogP contribution in [-0.2, 0) is 4.79 Å². The van der Waals surface area contributed by atoms with E-state index in [1.807, 2.05) is 39.0 Å². The molecule has 0 spiro atoms. The smallest absolute Gasteiger partial charge is 0.289 e. The highest BCUT2D eigenvalue weighted by Gasteiger charge is 2.35. The summed E-state index contributed by atoms with van der Waals surface area (Å²) in [7, 11) is 0. The normalized spacial score (nSPS) is 16.4. The Labute approximate surface area is 183 Å². The molecule has 1 aromatic carbocycles. The van der Waals surface area contributed by atoms with Crippen molar-refractivity contribution < 1.29 is 18.8 Å². The van der Waals surface area contributed by atoms with E-state index >= 15 is 0 Å². The lowest BCUT2D eigenvalue weighted by atomic mass is 9.88. The summed E-state index contributed by atoms with van der Waals surface area (Å²) < 4.78 is 5.22. The Bertz CT molecular complexity index is 901. The lowest BCUT2D eigenvalue weighted by Crippen LogP contribution is -2.55. The number of piperidine rings is 1. The second kappa shape index (κ2) is 10.3. The predicted molar refractivity (Wildman–Crippen MR) is 118 cm³/mol. The van der Waals surface area contributed by atoms with E-state index in [4.69, 9.17) is 4.42 Å². The number of rotatable bonds is 7. The highest BCUT2D eigenvalue weighted by Crippen LogP contribution is 2.23. The molecule has 1 aliphatic rings. The minimum absolute atomic E-state index is 0.0194. The fourth-order valence-corrected chi connectivity index (χ4v) is 3.87. The van der Waals surface area contributed by atoms with Crippen molar-refractivity contribution in [3.8, 4) is 0 Å². The molecule has 166 valence electrons. The lowest BCUT2D eigenvalue weighted by Gasteiger charge is -2.36. The van der Waals surface area contributed by atoms with Crippen molar-refractivity contribution in [3.05, 3.63) is 59.5 Å². The molecular formula is C24H31N3O4. The van der Waals surface area contributed by atoms with Gasteiger partial charge in [-0.1, -0.05) is 25.1 Å². The Morgan fingerprint density at radius 2 is 1.81 bits per heavy atom. The summed E-state index contributed by atoms with van der Waals surface area (Å²) in [5, 5.41) is 5.98. The van der Waals surface area contributed by atoms with Gasteiger partial charge in [0.15, 0.2) is 5.76 Å². The van der Waals surface area contributed by atoms with E-state index in [0.717, 1.165) is 12.0 Å². The Hall–Kier alpha value is -3.09. The average molecular weight is 426 g/mol. The van der Waals surface area contributed by atoms with Gasteiger partial charge in [0, 0.05) is 24.7 Å². The molecule has 7 nitrogen and oxygen atoms in total. The van der Waals surface area contributed by atoms with E-state index in [0.29, 0.717) is 37.3 Å². The number of nitrogens with zero attached hydrogens (tertiary/aromatic N) is 1. The maximum absolute atomic E-state index is 13.0. The second-order valence-corrected chi connectivity index (χ2v) is 8.19. The van der Waals surface area contributed by atoms with Gasteiger partial charge in [0.2, 0.25) is 5.91 Å². The molecule has 2 aromatic rings. The second-order valence-electron chi connectivity index (χ2n) is 8.19. The monoisotopic (exact) mass is 425 g/mol. The Kier molecular flexibility index (Phi) is 7.50. The topological polar surface area (TPSA) is 91.7 Å². The van der Waals surface area contributed by atoms with Gasteiger partial charge < -0.3 is 20.0 Å². The fourth-order valence-electron chi connectivity index (χ4n) is 3.87. The first-order valence-electron chi connectivity index (χ1n) is 10.9. The molecule has 0 unspecified atom stereocenters. The number of carbonyl (C=O) groups is 3. The zero-order chi connectivity index (χ0) is 22.4. The molecule has 0 bridgehead atoms. The van der Waals surface area contributed by atoms with Crippen LogP contribution in [0.25, 0.3) is 0 Å². The number of benzene rings is 1. The number of nitrogens with one attached hydrogen (secondary N) is 2. The third-order valence-electron chi connectivity index (χ3n) is 5.99. The first-order chi connectivity index (χ1) is 14.9. The van der Waals surface area contributed by atoms with Crippen LogP contribution < -0.4 is 10.6 Å². The number of amides is 3. The quantitative estimate of drug-likeness (QED) is 0.713. The van der Waals surface area contributed by atoms with E-state index in [1.54, 1.807) is 23.1 Å². The Morgan fingerprint density at radius 3 is 2.42 bits per heavy atom. The summed E-state index contributed by atoms with van der Waals surface area (Å²) in [6, 6.07) is 10.0. The molecule has 1 aliphatic heterocycles. The van der Waals surface area contributed by atoms with Crippen molar-refractivity contribution in [3.63, 3.8) is 0 Å². The zero-order valence-electron chi connectivity index (χ0n) is 18.4. The van der Waals surface area contributed by atoms with Crippen molar-refractivity contribution >= 4 is 17.7 Å². The number of aryl methyl sites for hydroxylation is 1. The largest absolute Gasteiger partial charge is 0.459 e. The zero-order valence-corrected chi connectivity index (χ0v) is 18.4. The van der Waals surface area contributed by atoms with Gasteiger partial charge in [0.1, 0.15) is 6.04 Å². The molecule has 3 rings (SSSR count). The van der Waals surface area contributed by atoms with Crippen LogP contribution in [0.4, 0.5) is 0 Å². The fraction of sp³-hybridized carbons (Fsp3) is 0.458. The molecule has 0 aliphatic carbocycles. The van der Waals surface area contributed by atoms with Crippen LogP contribution in [0.3, 0.4) is 0 Å². The van der Waals surface area contributed by atoms with E-state index in [2.05, 4.69) is 10.6 Å². The van der Waals surface area contributed by atoms with Gasteiger partial charge in [-0.05, 0) is 62.8 Å². The maximum Gasteiger partial charge on any atom is 0.289 e. The number of furan rings is 1. The van der Waals surface area contributed by atoms with Crippen LogP contribution in [0.15, 0.2) is 47.1 Å². The maximum atomic E-state index is 13.0. The summed E-state index contributed by atoms with van der Waals surface area (Å²) >= 11 is 0. The van der Waals surface area contributed by atoms with Crippen molar-refractivity contribution in [1.82, 2.24) is 15.5 Å². The third kappa shape index (κ3) is 5.54. The van der Waals surface area contributed by atoms with E-state index < -0.39 is 6.04 Å². The number of hydrogen-bond donors (Lipinski definition) is 2. The lowest BCUT2D eigenvalue weighted by molar-refractivity contribution is -0.125. The van der Waals surface area contributed by atoms with Gasteiger partial charge in [-0.15, -0.1) is 0 Å². The third-order valence-corrected chi connectivity index (χ3v) is 5.99. The van der Waals surface area contributed by atoms with Crippen LogP contribution in [0, 0.1) is 12.8 Å². The Balaban J connectivity index is 1.71. The first kappa shape index (κ1) is 22.6.